The van der Waals surface area contributed by atoms with Gasteiger partial charge in [0.2, 0.25) is 0 Å². The lowest BCUT2D eigenvalue weighted by molar-refractivity contribution is -0.112. The molecule has 0 radical (unpaired) electrons. The van der Waals surface area contributed by atoms with Gasteiger partial charge in [-0.05, 0) is 36.3 Å². The number of hydrogen-bond donors (Lipinski definition) is 1. The van der Waals surface area contributed by atoms with Crippen LogP contribution in [0.4, 0.5) is 5.82 Å². The van der Waals surface area contributed by atoms with E-state index in [0.717, 1.165) is 5.56 Å². The number of aromatic nitrogens is 1. The third kappa shape index (κ3) is 5.19. The van der Waals surface area contributed by atoms with Gasteiger partial charge in [0.25, 0.3) is 5.91 Å². The Kier molecular flexibility index (Phi) is 6.73. The maximum Gasteiger partial charge on any atom is 0.267 e. The molecule has 8 heteroatoms. The van der Waals surface area contributed by atoms with Crippen molar-refractivity contribution in [2.75, 3.05) is 12.4 Å². The van der Waals surface area contributed by atoms with Gasteiger partial charge in [0.1, 0.15) is 24.0 Å². The fourth-order valence-corrected chi connectivity index (χ4v) is 2.89. The average Bonchev–Trinajstić information content (AvgIpc) is 3.15. The van der Waals surface area contributed by atoms with E-state index >= 15 is 0 Å². The van der Waals surface area contributed by atoms with E-state index in [1.54, 1.807) is 25.1 Å². The highest BCUT2D eigenvalue weighted by Crippen LogP contribution is 2.37. The minimum atomic E-state index is -0.620. The summed E-state index contributed by atoms with van der Waals surface area (Å²) >= 11 is 6.38. The average molecular weight is 424 g/mol. The minimum Gasteiger partial charge on any atom is -0.493 e. The zero-order valence-corrected chi connectivity index (χ0v) is 17.1. The number of ether oxygens (including phenoxy) is 2. The highest BCUT2D eigenvalue weighted by molar-refractivity contribution is 6.32. The van der Waals surface area contributed by atoms with Crippen molar-refractivity contribution in [1.29, 1.82) is 5.26 Å². The molecule has 7 nitrogen and oxygen atoms in total. The van der Waals surface area contributed by atoms with Gasteiger partial charge >= 0.3 is 0 Å². The highest BCUT2D eigenvalue weighted by atomic mass is 35.5. The number of carbonyl (C=O) groups excluding carboxylic acids is 1. The van der Waals surface area contributed by atoms with Crippen LogP contribution < -0.4 is 14.8 Å². The third-order valence-corrected chi connectivity index (χ3v) is 4.30. The highest BCUT2D eigenvalue weighted by Gasteiger charge is 2.15. The molecule has 3 aromatic rings. The van der Waals surface area contributed by atoms with Gasteiger partial charge in [-0.1, -0.05) is 47.1 Å². The summed E-state index contributed by atoms with van der Waals surface area (Å²) in [5, 5.41) is 15.9. The summed E-state index contributed by atoms with van der Waals surface area (Å²) in [5.41, 5.74) is 1.35. The number of amides is 1. The van der Waals surface area contributed by atoms with E-state index in [2.05, 4.69) is 10.5 Å². The Hall–Kier alpha value is -3.76. The molecule has 30 heavy (non-hydrogen) atoms. The number of rotatable bonds is 7. The van der Waals surface area contributed by atoms with Gasteiger partial charge < -0.3 is 19.3 Å². The number of carbonyl (C=O) groups is 1. The van der Waals surface area contributed by atoms with Crippen LogP contribution >= 0.6 is 11.6 Å². The molecule has 0 fully saturated rings. The molecule has 0 unspecified atom stereocenters. The summed E-state index contributed by atoms with van der Waals surface area (Å²) < 4.78 is 16.1. The van der Waals surface area contributed by atoms with Gasteiger partial charge in [0.05, 0.1) is 12.1 Å². The Labute approximate surface area is 178 Å². The summed E-state index contributed by atoms with van der Waals surface area (Å²) in [6, 6.07) is 16.3. The Morgan fingerprint density at radius 3 is 2.70 bits per heavy atom. The molecule has 0 aliphatic heterocycles. The molecule has 0 aliphatic carbocycles. The van der Waals surface area contributed by atoms with Gasteiger partial charge in [0, 0.05) is 6.07 Å². The number of hydrogen-bond acceptors (Lipinski definition) is 6. The zero-order chi connectivity index (χ0) is 21.5. The number of nitrogens with one attached hydrogen (secondary N) is 1. The van der Waals surface area contributed by atoms with E-state index in [1.165, 1.54) is 13.2 Å². The molecule has 2 aromatic carbocycles. The Balaban J connectivity index is 1.81. The molecule has 152 valence electrons. The van der Waals surface area contributed by atoms with Crippen molar-refractivity contribution in [3.05, 3.63) is 76.0 Å². The second-order valence-electron chi connectivity index (χ2n) is 6.26. The van der Waals surface area contributed by atoms with Crippen molar-refractivity contribution in [3.8, 4) is 17.6 Å². The second-order valence-corrected chi connectivity index (χ2v) is 6.66. The van der Waals surface area contributed by atoms with E-state index in [-0.39, 0.29) is 11.4 Å². The SMILES string of the molecule is COc1cc(/C=C(/C#N)C(=O)Nc2cc(C)on2)cc(Cl)c1OCc1ccccc1. The van der Waals surface area contributed by atoms with Crippen molar-refractivity contribution in [2.45, 2.75) is 13.5 Å². The van der Waals surface area contributed by atoms with Gasteiger partial charge in [0.15, 0.2) is 17.3 Å². The Morgan fingerprint density at radius 1 is 1.30 bits per heavy atom. The van der Waals surface area contributed by atoms with E-state index < -0.39 is 5.91 Å². The van der Waals surface area contributed by atoms with Crippen LogP contribution in [-0.4, -0.2) is 18.2 Å². The number of anilines is 1. The summed E-state index contributed by atoms with van der Waals surface area (Å²) in [6.45, 7) is 2.01. The van der Waals surface area contributed by atoms with E-state index in [4.69, 9.17) is 25.6 Å². The standard InChI is InChI=1S/C22H18ClN3O4/c1-14-8-20(26-30-14)25-22(27)17(12-24)9-16-10-18(23)21(19(11-16)28-2)29-13-15-6-4-3-5-7-15/h3-11H,13H2,1-2H3,(H,25,26,27)/b17-9-. The molecule has 0 bridgehead atoms. The first-order chi connectivity index (χ1) is 14.5. The second kappa shape index (κ2) is 9.63. The predicted molar refractivity (Wildman–Crippen MR) is 112 cm³/mol. The number of methoxy groups -OCH3 is 1. The summed E-state index contributed by atoms with van der Waals surface area (Å²) in [4.78, 5) is 12.4. The number of nitrogens with zero attached hydrogens (tertiary/aromatic N) is 2. The topological polar surface area (TPSA) is 97.4 Å². The maximum absolute atomic E-state index is 12.4. The molecule has 0 aliphatic rings. The molecule has 1 amide bonds. The van der Waals surface area contributed by atoms with E-state index in [0.29, 0.717) is 34.5 Å². The number of benzene rings is 2. The molecule has 0 saturated heterocycles. The summed E-state index contributed by atoms with van der Waals surface area (Å²) in [7, 11) is 1.49. The van der Waals surface area contributed by atoms with Crippen LogP contribution in [0.3, 0.4) is 0 Å². The molecular formula is C22H18ClN3O4. The molecule has 0 saturated carbocycles. The van der Waals surface area contributed by atoms with Crippen molar-refractivity contribution in [2.24, 2.45) is 0 Å². The molecule has 0 spiro atoms. The van der Waals surface area contributed by atoms with Crippen molar-refractivity contribution in [3.63, 3.8) is 0 Å². The summed E-state index contributed by atoms with van der Waals surface area (Å²) in [6.07, 6.45) is 1.40. The van der Waals surface area contributed by atoms with Crippen molar-refractivity contribution >= 4 is 29.4 Å². The molecule has 1 N–H and O–H groups in total. The van der Waals surface area contributed by atoms with Gasteiger partial charge in [-0.2, -0.15) is 5.26 Å². The van der Waals surface area contributed by atoms with Crippen LogP contribution in [0.5, 0.6) is 11.5 Å². The smallest absolute Gasteiger partial charge is 0.267 e. The van der Waals surface area contributed by atoms with Crippen molar-refractivity contribution in [1.82, 2.24) is 5.16 Å². The van der Waals surface area contributed by atoms with Gasteiger partial charge in [-0.15, -0.1) is 0 Å². The lowest BCUT2D eigenvalue weighted by Gasteiger charge is -2.13. The monoisotopic (exact) mass is 423 g/mol. The minimum absolute atomic E-state index is 0.133. The molecule has 3 rings (SSSR count). The van der Waals surface area contributed by atoms with Gasteiger partial charge in [-0.25, -0.2) is 0 Å². The lowest BCUT2D eigenvalue weighted by Crippen LogP contribution is -2.13. The predicted octanol–water partition coefficient (Wildman–Crippen LogP) is 4.77. The fraction of sp³-hybridized carbons (Fsp3) is 0.136. The Morgan fingerprint density at radius 2 is 2.07 bits per heavy atom. The quantitative estimate of drug-likeness (QED) is 0.434. The third-order valence-electron chi connectivity index (χ3n) is 4.02. The van der Waals surface area contributed by atoms with Gasteiger partial charge in [-0.3, -0.25) is 4.79 Å². The fourth-order valence-electron chi connectivity index (χ4n) is 2.62. The Bertz CT molecular complexity index is 1120. The number of aryl methyl sites for hydroxylation is 1. The normalized spacial score (nSPS) is 10.9. The van der Waals surface area contributed by atoms with Crippen LogP contribution in [0.25, 0.3) is 6.08 Å². The molecule has 0 atom stereocenters. The summed E-state index contributed by atoms with van der Waals surface area (Å²) in [5.74, 6) is 0.898. The molecular weight excluding hydrogens is 406 g/mol. The number of halogens is 1. The van der Waals surface area contributed by atoms with Crippen molar-refractivity contribution < 1.29 is 18.8 Å². The lowest BCUT2D eigenvalue weighted by atomic mass is 10.1. The van der Waals surface area contributed by atoms with Crippen LogP contribution in [0, 0.1) is 18.3 Å². The first-order valence-electron chi connectivity index (χ1n) is 8.91. The van der Waals surface area contributed by atoms with Crippen LogP contribution in [0.2, 0.25) is 5.02 Å². The molecule has 1 heterocycles. The number of nitriles is 1. The maximum atomic E-state index is 12.4. The van der Waals surface area contributed by atoms with E-state index in [1.807, 2.05) is 36.4 Å². The first-order valence-corrected chi connectivity index (χ1v) is 9.28. The first kappa shape index (κ1) is 21.0. The van der Waals surface area contributed by atoms with E-state index in [9.17, 15) is 10.1 Å². The largest absolute Gasteiger partial charge is 0.493 e. The van der Waals surface area contributed by atoms with Crippen LogP contribution in [-0.2, 0) is 11.4 Å². The van der Waals surface area contributed by atoms with Crippen LogP contribution in [0.15, 0.2) is 58.6 Å². The zero-order valence-electron chi connectivity index (χ0n) is 16.3. The molecule has 1 aromatic heterocycles. The van der Waals surface area contributed by atoms with Crippen LogP contribution in [0.1, 0.15) is 16.9 Å².